The maximum atomic E-state index is 12.4. The van der Waals surface area contributed by atoms with E-state index in [0.29, 0.717) is 31.4 Å². The summed E-state index contributed by atoms with van der Waals surface area (Å²) in [5, 5.41) is 6.14. The van der Waals surface area contributed by atoms with Crippen LogP contribution in [0.2, 0.25) is 0 Å². The first kappa shape index (κ1) is 18.6. The van der Waals surface area contributed by atoms with Gasteiger partial charge in [0.05, 0.1) is 30.7 Å². The number of hydrogen-bond donors (Lipinski definition) is 2. The Labute approximate surface area is 164 Å². The number of para-hydroxylation sites is 2. The number of carbonyl (C=O) groups excluding carboxylic acids is 1. The molecule has 1 atom stereocenters. The highest BCUT2D eigenvalue weighted by molar-refractivity contribution is 5.92. The summed E-state index contributed by atoms with van der Waals surface area (Å²) in [6.07, 6.45) is 3.72. The van der Waals surface area contributed by atoms with Gasteiger partial charge >= 0.3 is 0 Å². The van der Waals surface area contributed by atoms with Crippen molar-refractivity contribution < 1.29 is 14.3 Å². The molecule has 2 aliphatic heterocycles. The molecule has 1 amide bonds. The van der Waals surface area contributed by atoms with Gasteiger partial charge in [0.2, 0.25) is 5.95 Å². The average Bonchev–Trinajstić information content (AvgIpc) is 3.27. The van der Waals surface area contributed by atoms with Gasteiger partial charge in [0.25, 0.3) is 5.91 Å². The van der Waals surface area contributed by atoms with E-state index in [-0.39, 0.29) is 12.0 Å². The van der Waals surface area contributed by atoms with E-state index in [2.05, 4.69) is 31.6 Å². The molecule has 0 saturated carbocycles. The van der Waals surface area contributed by atoms with Gasteiger partial charge in [-0.3, -0.25) is 4.79 Å². The molecule has 2 saturated heterocycles. The molecule has 4 rings (SSSR count). The Morgan fingerprint density at radius 1 is 1.18 bits per heavy atom. The first-order chi connectivity index (χ1) is 13.8. The number of aromatic nitrogens is 2. The summed E-state index contributed by atoms with van der Waals surface area (Å²) >= 11 is 0. The number of nitrogens with one attached hydrogen (secondary N) is 2. The number of amides is 1. The van der Waals surface area contributed by atoms with Crippen molar-refractivity contribution in [3.8, 4) is 0 Å². The fourth-order valence-corrected chi connectivity index (χ4v) is 3.43. The second-order valence-electron chi connectivity index (χ2n) is 6.85. The normalized spacial score (nSPS) is 19.4. The molecule has 8 nitrogen and oxygen atoms in total. The van der Waals surface area contributed by atoms with Crippen LogP contribution in [0.5, 0.6) is 0 Å². The fourth-order valence-electron chi connectivity index (χ4n) is 3.43. The lowest BCUT2D eigenvalue weighted by Gasteiger charge is -2.30. The maximum Gasteiger partial charge on any atom is 0.270 e. The summed E-state index contributed by atoms with van der Waals surface area (Å²) in [7, 11) is 0. The second kappa shape index (κ2) is 8.99. The fraction of sp³-hybridized carbons (Fsp3) is 0.450. The van der Waals surface area contributed by atoms with Crippen LogP contribution in [-0.4, -0.2) is 61.4 Å². The highest BCUT2D eigenvalue weighted by atomic mass is 16.5. The monoisotopic (exact) mass is 383 g/mol. The van der Waals surface area contributed by atoms with Gasteiger partial charge < -0.3 is 25.0 Å². The van der Waals surface area contributed by atoms with Crippen LogP contribution in [0.15, 0.2) is 36.5 Å². The molecule has 2 N–H and O–H groups in total. The van der Waals surface area contributed by atoms with Gasteiger partial charge in [-0.05, 0) is 31.0 Å². The molecule has 1 aromatic carbocycles. The van der Waals surface area contributed by atoms with Crippen LogP contribution in [0.25, 0.3) is 0 Å². The van der Waals surface area contributed by atoms with Crippen LogP contribution in [0, 0.1) is 0 Å². The van der Waals surface area contributed by atoms with Crippen molar-refractivity contribution in [3.63, 3.8) is 0 Å². The van der Waals surface area contributed by atoms with E-state index in [4.69, 9.17) is 9.47 Å². The zero-order valence-electron chi connectivity index (χ0n) is 15.8. The highest BCUT2D eigenvalue weighted by Gasteiger charge is 2.18. The molecule has 8 heteroatoms. The second-order valence-corrected chi connectivity index (χ2v) is 6.85. The van der Waals surface area contributed by atoms with Crippen LogP contribution in [0.3, 0.4) is 0 Å². The van der Waals surface area contributed by atoms with Gasteiger partial charge in [0.1, 0.15) is 5.69 Å². The van der Waals surface area contributed by atoms with Crippen LogP contribution < -0.4 is 15.5 Å². The summed E-state index contributed by atoms with van der Waals surface area (Å²) in [4.78, 5) is 23.3. The van der Waals surface area contributed by atoms with Crippen molar-refractivity contribution in [3.05, 3.63) is 42.2 Å². The third kappa shape index (κ3) is 4.58. The summed E-state index contributed by atoms with van der Waals surface area (Å²) in [5.41, 5.74) is 2.31. The smallest absolute Gasteiger partial charge is 0.270 e. The molecule has 0 spiro atoms. The van der Waals surface area contributed by atoms with Crippen molar-refractivity contribution in [1.82, 2.24) is 15.3 Å². The number of ether oxygens (including phenoxy) is 2. The zero-order valence-corrected chi connectivity index (χ0v) is 15.8. The SMILES string of the molecule is O=C(NCC1CCCO1)c1ccnc(Nc2ccccc2N2CCOCC2)n1. The average molecular weight is 383 g/mol. The van der Waals surface area contributed by atoms with Gasteiger partial charge in [0.15, 0.2) is 0 Å². The lowest BCUT2D eigenvalue weighted by atomic mass is 10.2. The van der Waals surface area contributed by atoms with Crippen LogP contribution >= 0.6 is 0 Å². The summed E-state index contributed by atoms with van der Waals surface area (Å²) < 4.78 is 11.0. The molecule has 3 heterocycles. The van der Waals surface area contributed by atoms with Gasteiger partial charge in [-0.2, -0.15) is 0 Å². The number of hydrogen-bond acceptors (Lipinski definition) is 7. The van der Waals surface area contributed by atoms with E-state index >= 15 is 0 Å². The number of morpholine rings is 1. The van der Waals surface area contributed by atoms with Crippen molar-refractivity contribution >= 4 is 23.2 Å². The number of rotatable bonds is 6. The Hall–Kier alpha value is -2.71. The number of benzene rings is 1. The number of nitrogens with zero attached hydrogens (tertiary/aromatic N) is 3. The lowest BCUT2D eigenvalue weighted by molar-refractivity contribution is 0.0853. The molecule has 148 valence electrons. The summed E-state index contributed by atoms with van der Waals surface area (Å²) in [6.45, 7) is 4.38. The molecule has 28 heavy (non-hydrogen) atoms. The molecule has 1 unspecified atom stereocenters. The van der Waals surface area contributed by atoms with Gasteiger partial charge in [-0.25, -0.2) is 9.97 Å². The van der Waals surface area contributed by atoms with Crippen LogP contribution in [-0.2, 0) is 9.47 Å². The minimum atomic E-state index is -0.220. The minimum Gasteiger partial charge on any atom is -0.378 e. The molecule has 2 aromatic rings. The minimum absolute atomic E-state index is 0.101. The molecule has 1 aromatic heterocycles. The van der Waals surface area contributed by atoms with E-state index in [1.807, 2.05) is 18.2 Å². The molecule has 0 aliphatic carbocycles. The summed E-state index contributed by atoms with van der Waals surface area (Å²) in [5.74, 6) is 0.174. The maximum absolute atomic E-state index is 12.4. The van der Waals surface area contributed by atoms with E-state index in [9.17, 15) is 4.79 Å². The lowest BCUT2D eigenvalue weighted by Crippen LogP contribution is -2.36. The van der Waals surface area contributed by atoms with E-state index < -0.39 is 0 Å². The Balaban J connectivity index is 1.44. The van der Waals surface area contributed by atoms with Crippen LogP contribution in [0.1, 0.15) is 23.3 Å². The van der Waals surface area contributed by atoms with Crippen molar-refractivity contribution in [2.24, 2.45) is 0 Å². The van der Waals surface area contributed by atoms with E-state index in [1.165, 1.54) is 0 Å². The molecular formula is C20H25N5O3. The molecule has 0 bridgehead atoms. The van der Waals surface area contributed by atoms with E-state index in [0.717, 1.165) is 43.9 Å². The molecule has 0 radical (unpaired) electrons. The van der Waals surface area contributed by atoms with Gasteiger partial charge in [0, 0.05) is 32.4 Å². The van der Waals surface area contributed by atoms with Gasteiger partial charge in [-0.15, -0.1) is 0 Å². The Kier molecular flexibility index (Phi) is 5.98. The molecule has 2 aliphatic rings. The Bertz CT molecular complexity index is 804. The zero-order chi connectivity index (χ0) is 19.2. The first-order valence-corrected chi connectivity index (χ1v) is 9.71. The topological polar surface area (TPSA) is 88.6 Å². The van der Waals surface area contributed by atoms with Crippen molar-refractivity contribution in [2.75, 3.05) is 49.7 Å². The first-order valence-electron chi connectivity index (χ1n) is 9.71. The van der Waals surface area contributed by atoms with Gasteiger partial charge in [-0.1, -0.05) is 12.1 Å². The molecule has 2 fully saturated rings. The van der Waals surface area contributed by atoms with Crippen molar-refractivity contribution in [2.45, 2.75) is 18.9 Å². The Morgan fingerprint density at radius 3 is 2.86 bits per heavy atom. The summed E-state index contributed by atoms with van der Waals surface area (Å²) in [6, 6.07) is 9.63. The standard InChI is InChI=1S/C20H25N5O3/c26-19(22-14-15-4-3-11-28-15)17-7-8-21-20(24-17)23-16-5-1-2-6-18(16)25-9-12-27-13-10-25/h1-2,5-8,15H,3-4,9-14H2,(H,22,26)(H,21,23,24). The predicted octanol–water partition coefficient (Wildman–Crippen LogP) is 1.97. The third-order valence-corrected chi connectivity index (χ3v) is 4.90. The number of anilines is 3. The Morgan fingerprint density at radius 2 is 2.04 bits per heavy atom. The predicted molar refractivity (Wildman–Crippen MR) is 106 cm³/mol. The van der Waals surface area contributed by atoms with Crippen molar-refractivity contribution in [1.29, 1.82) is 0 Å². The largest absolute Gasteiger partial charge is 0.378 e. The highest BCUT2D eigenvalue weighted by Crippen LogP contribution is 2.28. The number of carbonyl (C=O) groups is 1. The quantitative estimate of drug-likeness (QED) is 0.788. The molecular weight excluding hydrogens is 358 g/mol. The third-order valence-electron chi connectivity index (χ3n) is 4.90. The van der Waals surface area contributed by atoms with E-state index in [1.54, 1.807) is 12.3 Å². The van der Waals surface area contributed by atoms with Crippen LogP contribution in [0.4, 0.5) is 17.3 Å².